The lowest BCUT2D eigenvalue weighted by atomic mass is 10.1. The molecule has 0 bridgehead atoms. The maximum atomic E-state index is 13.0. The molecule has 3 aromatic rings. The van der Waals surface area contributed by atoms with E-state index in [1.54, 1.807) is 0 Å². The summed E-state index contributed by atoms with van der Waals surface area (Å²) in [5, 5.41) is 5.44. The van der Waals surface area contributed by atoms with Crippen LogP contribution in [0.2, 0.25) is 0 Å². The first-order chi connectivity index (χ1) is 16.9. The minimum absolute atomic E-state index is 0.250. The molecule has 0 unspecified atom stereocenters. The van der Waals surface area contributed by atoms with Crippen LogP contribution in [0.15, 0.2) is 48.5 Å². The van der Waals surface area contributed by atoms with Crippen molar-refractivity contribution in [2.45, 2.75) is 20.3 Å². The van der Waals surface area contributed by atoms with E-state index in [4.69, 9.17) is 24.3 Å². The van der Waals surface area contributed by atoms with E-state index in [0.717, 1.165) is 42.1 Å². The maximum Gasteiger partial charge on any atom is 0.373 e. The van der Waals surface area contributed by atoms with Gasteiger partial charge in [-0.3, -0.25) is 0 Å². The third-order valence-electron chi connectivity index (χ3n) is 5.37. The number of morpholine rings is 1. The molecule has 1 fully saturated rings. The number of aromatic nitrogens is 2. The Hall–Kier alpha value is -4.14. The molecule has 0 aliphatic carbocycles. The van der Waals surface area contributed by atoms with Gasteiger partial charge in [0.15, 0.2) is 5.82 Å². The Morgan fingerprint density at radius 1 is 1.00 bits per heavy atom. The zero-order valence-electron chi connectivity index (χ0n) is 19.5. The van der Waals surface area contributed by atoms with E-state index < -0.39 is 6.03 Å². The molecule has 4 rings (SSSR count). The highest BCUT2D eigenvalue weighted by atomic mass is 19.1. The Bertz CT molecular complexity index is 1170. The summed E-state index contributed by atoms with van der Waals surface area (Å²) in [6, 6.07) is 12.6. The lowest BCUT2D eigenvalue weighted by Crippen LogP contribution is -2.37. The highest BCUT2D eigenvalue weighted by Gasteiger charge is 2.19. The van der Waals surface area contributed by atoms with Crippen LogP contribution in [0.3, 0.4) is 0 Å². The molecule has 2 aromatic carbocycles. The second kappa shape index (κ2) is 12.4. The standard InChI is InChI=1S/C24H26FN5O2.CO2/c1-3-21-16(2)23(30-12-14-32-15-13-30)29-22(28-21)17-4-8-19(9-5-17)26-24(31)27-20-10-6-18(25)7-11-20;2-1-3/h4-11H,3,12-15H2,1-2H3,(H2,26,27,31);. The van der Waals surface area contributed by atoms with Gasteiger partial charge in [0.2, 0.25) is 0 Å². The Kier molecular flexibility index (Phi) is 9.00. The molecule has 0 atom stereocenters. The Morgan fingerprint density at radius 3 is 2.09 bits per heavy atom. The highest BCUT2D eigenvalue weighted by molar-refractivity contribution is 5.99. The van der Waals surface area contributed by atoms with Crippen molar-refractivity contribution in [3.05, 3.63) is 65.6 Å². The van der Waals surface area contributed by atoms with Crippen molar-refractivity contribution in [1.82, 2.24) is 9.97 Å². The molecule has 0 radical (unpaired) electrons. The second-order valence-corrected chi connectivity index (χ2v) is 7.64. The Morgan fingerprint density at radius 2 is 1.54 bits per heavy atom. The molecule has 2 heterocycles. The van der Waals surface area contributed by atoms with Gasteiger partial charge in [0.25, 0.3) is 0 Å². The van der Waals surface area contributed by atoms with Crippen molar-refractivity contribution in [2.24, 2.45) is 0 Å². The Balaban J connectivity index is 0.00000108. The van der Waals surface area contributed by atoms with Crippen molar-refractivity contribution >= 4 is 29.4 Å². The van der Waals surface area contributed by atoms with Crippen molar-refractivity contribution in [3.8, 4) is 11.4 Å². The molecule has 2 amide bonds. The fourth-order valence-electron chi connectivity index (χ4n) is 3.64. The average molecular weight is 480 g/mol. The molecule has 10 heteroatoms. The van der Waals surface area contributed by atoms with Crippen LogP contribution < -0.4 is 15.5 Å². The van der Waals surface area contributed by atoms with Crippen LogP contribution in [0.5, 0.6) is 0 Å². The molecule has 9 nitrogen and oxygen atoms in total. The van der Waals surface area contributed by atoms with Crippen LogP contribution in [-0.4, -0.2) is 48.5 Å². The number of aryl methyl sites for hydroxylation is 1. The van der Waals surface area contributed by atoms with Crippen LogP contribution in [0.25, 0.3) is 11.4 Å². The van der Waals surface area contributed by atoms with Crippen molar-refractivity contribution in [3.63, 3.8) is 0 Å². The number of amides is 2. The molecular weight excluding hydrogens is 453 g/mol. The number of carbonyl (C=O) groups is 1. The summed E-state index contributed by atoms with van der Waals surface area (Å²) < 4.78 is 18.5. The van der Waals surface area contributed by atoms with E-state index >= 15 is 0 Å². The molecule has 1 aliphatic heterocycles. The average Bonchev–Trinajstić information content (AvgIpc) is 2.87. The number of benzene rings is 2. The number of hydrogen-bond acceptors (Lipinski definition) is 7. The smallest absolute Gasteiger partial charge is 0.373 e. The summed E-state index contributed by atoms with van der Waals surface area (Å²) in [7, 11) is 0. The van der Waals surface area contributed by atoms with Crippen LogP contribution >= 0.6 is 0 Å². The van der Waals surface area contributed by atoms with Gasteiger partial charge in [-0.15, -0.1) is 0 Å². The predicted octanol–water partition coefficient (Wildman–Crippen LogP) is 4.05. The largest absolute Gasteiger partial charge is 0.378 e. The Labute approximate surface area is 202 Å². The lowest BCUT2D eigenvalue weighted by molar-refractivity contribution is -0.191. The minimum Gasteiger partial charge on any atom is -0.378 e. The first kappa shape index (κ1) is 25.5. The fraction of sp³-hybridized carbons (Fsp3) is 0.280. The lowest BCUT2D eigenvalue weighted by Gasteiger charge is -2.29. The van der Waals surface area contributed by atoms with Gasteiger partial charge in [0.05, 0.1) is 13.2 Å². The summed E-state index contributed by atoms with van der Waals surface area (Å²) in [5.74, 6) is 1.26. The highest BCUT2D eigenvalue weighted by Crippen LogP contribution is 2.26. The summed E-state index contributed by atoms with van der Waals surface area (Å²) in [5.41, 5.74) is 4.14. The molecule has 2 N–H and O–H groups in total. The second-order valence-electron chi connectivity index (χ2n) is 7.64. The predicted molar refractivity (Wildman–Crippen MR) is 129 cm³/mol. The maximum absolute atomic E-state index is 13.0. The SMILES string of the molecule is CCc1nc(-c2ccc(NC(=O)Nc3ccc(F)cc3)cc2)nc(N2CCOCC2)c1C.O=C=O. The number of hydrogen-bond donors (Lipinski definition) is 2. The summed E-state index contributed by atoms with van der Waals surface area (Å²) >= 11 is 0. The number of rotatable bonds is 5. The fourth-order valence-corrected chi connectivity index (χ4v) is 3.64. The summed E-state index contributed by atoms with van der Waals surface area (Å²) in [6.07, 6.45) is 1.07. The van der Waals surface area contributed by atoms with E-state index in [0.29, 0.717) is 30.4 Å². The molecule has 35 heavy (non-hydrogen) atoms. The van der Waals surface area contributed by atoms with Gasteiger partial charge in [0, 0.05) is 41.3 Å². The monoisotopic (exact) mass is 479 g/mol. The van der Waals surface area contributed by atoms with Gasteiger partial charge in [0.1, 0.15) is 11.6 Å². The van der Waals surface area contributed by atoms with Crippen molar-refractivity contribution in [2.75, 3.05) is 41.8 Å². The van der Waals surface area contributed by atoms with Crippen LogP contribution in [0.4, 0.5) is 26.4 Å². The topological polar surface area (TPSA) is 114 Å². The summed E-state index contributed by atoms with van der Waals surface area (Å²) in [4.78, 5) is 40.3. The van der Waals surface area contributed by atoms with E-state index in [-0.39, 0.29) is 12.0 Å². The first-order valence-electron chi connectivity index (χ1n) is 11.1. The molecule has 1 saturated heterocycles. The molecule has 1 aromatic heterocycles. The number of anilines is 3. The first-order valence-corrected chi connectivity index (χ1v) is 11.1. The number of carbonyl (C=O) groups excluding carboxylic acids is 3. The van der Waals surface area contributed by atoms with E-state index in [1.807, 2.05) is 24.3 Å². The number of nitrogens with zero attached hydrogens (tertiary/aromatic N) is 3. The van der Waals surface area contributed by atoms with E-state index in [9.17, 15) is 9.18 Å². The van der Waals surface area contributed by atoms with Crippen LogP contribution in [0.1, 0.15) is 18.2 Å². The third-order valence-corrected chi connectivity index (χ3v) is 5.37. The van der Waals surface area contributed by atoms with Crippen LogP contribution in [0, 0.1) is 12.7 Å². The number of ether oxygens (including phenoxy) is 1. The normalized spacial score (nSPS) is 12.7. The van der Waals surface area contributed by atoms with E-state index in [1.165, 1.54) is 24.3 Å². The van der Waals surface area contributed by atoms with Gasteiger partial charge < -0.3 is 20.3 Å². The zero-order valence-corrected chi connectivity index (χ0v) is 19.5. The molecule has 1 aliphatic rings. The van der Waals surface area contributed by atoms with Crippen molar-refractivity contribution in [1.29, 1.82) is 0 Å². The van der Waals surface area contributed by atoms with Gasteiger partial charge in [-0.2, -0.15) is 9.59 Å². The van der Waals surface area contributed by atoms with Gasteiger partial charge in [-0.1, -0.05) is 6.92 Å². The summed E-state index contributed by atoms with van der Waals surface area (Å²) in [6.45, 7) is 7.18. The zero-order chi connectivity index (χ0) is 25.2. The minimum atomic E-state index is -0.404. The third kappa shape index (κ3) is 6.92. The molecule has 0 spiro atoms. The van der Waals surface area contributed by atoms with Crippen molar-refractivity contribution < 1.29 is 23.5 Å². The molecule has 182 valence electrons. The van der Waals surface area contributed by atoms with Gasteiger partial charge in [-0.05, 0) is 61.9 Å². The number of nitrogens with one attached hydrogen (secondary N) is 2. The van der Waals surface area contributed by atoms with Gasteiger partial charge in [-0.25, -0.2) is 19.2 Å². The van der Waals surface area contributed by atoms with Gasteiger partial charge >= 0.3 is 12.2 Å². The quantitative estimate of drug-likeness (QED) is 0.568. The van der Waals surface area contributed by atoms with Crippen LogP contribution in [-0.2, 0) is 20.7 Å². The van der Waals surface area contributed by atoms with E-state index in [2.05, 4.69) is 29.4 Å². The molecule has 0 saturated carbocycles. The number of urea groups is 1. The molecular formula is C25H26FN5O4. The number of halogens is 1.